The van der Waals surface area contributed by atoms with Crippen molar-refractivity contribution in [2.75, 3.05) is 12.0 Å². The molecule has 0 atom stereocenters. The lowest BCUT2D eigenvalue weighted by Gasteiger charge is -2.42. The molecule has 2 heterocycles. The number of methoxy groups -OCH3 is 1. The maximum absolute atomic E-state index is 13.5. The standard InChI is InChI=1S/C22H18N2O4S3/c1-22(2)20-18(21(29)31-30-20)15-5-4-6-16(28-3)19(15)23(22)17(25)12-9-13-7-10-14(11-8-13)24(26)27/h4-12H,1-3H3. The Bertz CT molecular complexity index is 1270. The van der Waals surface area contributed by atoms with Crippen LogP contribution >= 0.6 is 32.9 Å². The molecule has 1 aromatic heterocycles. The van der Waals surface area contributed by atoms with Crippen molar-refractivity contribution in [2.24, 2.45) is 0 Å². The molecule has 1 aliphatic heterocycles. The molecule has 2 aromatic carbocycles. The van der Waals surface area contributed by atoms with Crippen LogP contribution in [0.5, 0.6) is 5.75 Å². The van der Waals surface area contributed by atoms with E-state index in [1.807, 2.05) is 32.0 Å². The Kier molecular flexibility index (Phi) is 5.50. The zero-order valence-electron chi connectivity index (χ0n) is 16.9. The van der Waals surface area contributed by atoms with Crippen molar-refractivity contribution in [1.82, 2.24) is 0 Å². The van der Waals surface area contributed by atoms with Gasteiger partial charge in [-0.05, 0) is 43.7 Å². The third-order valence-corrected chi connectivity index (χ3v) is 8.53. The number of ether oxygens (including phenoxy) is 1. The summed E-state index contributed by atoms with van der Waals surface area (Å²) in [6.45, 7) is 3.99. The van der Waals surface area contributed by atoms with Crippen molar-refractivity contribution >= 4 is 56.3 Å². The largest absolute Gasteiger partial charge is 0.495 e. The zero-order chi connectivity index (χ0) is 22.3. The number of fused-ring (bicyclic) bond motifs is 3. The fourth-order valence-electron chi connectivity index (χ4n) is 3.73. The number of para-hydroxylation sites is 1. The molecular formula is C22H18N2O4S3. The lowest BCUT2D eigenvalue weighted by Crippen LogP contribution is -2.47. The van der Waals surface area contributed by atoms with E-state index in [1.54, 1.807) is 40.6 Å². The van der Waals surface area contributed by atoms with E-state index in [1.165, 1.54) is 28.5 Å². The van der Waals surface area contributed by atoms with Gasteiger partial charge in [0.2, 0.25) is 0 Å². The highest BCUT2D eigenvalue weighted by Crippen LogP contribution is 2.54. The molecule has 0 radical (unpaired) electrons. The van der Waals surface area contributed by atoms with Crippen LogP contribution in [-0.4, -0.2) is 17.9 Å². The van der Waals surface area contributed by atoms with Crippen LogP contribution in [0.1, 0.15) is 24.3 Å². The van der Waals surface area contributed by atoms with Gasteiger partial charge in [0, 0.05) is 29.3 Å². The number of carbonyl (C=O) groups is 1. The monoisotopic (exact) mass is 470 g/mol. The van der Waals surface area contributed by atoms with Gasteiger partial charge in [-0.1, -0.05) is 45.0 Å². The Morgan fingerprint density at radius 2 is 1.90 bits per heavy atom. The van der Waals surface area contributed by atoms with Gasteiger partial charge in [-0.2, -0.15) is 0 Å². The quantitative estimate of drug-likeness (QED) is 0.145. The summed E-state index contributed by atoms with van der Waals surface area (Å²) in [5.41, 5.74) is 2.64. The second-order valence-electron chi connectivity index (χ2n) is 7.43. The van der Waals surface area contributed by atoms with Gasteiger partial charge >= 0.3 is 0 Å². The molecule has 1 amide bonds. The van der Waals surface area contributed by atoms with Crippen LogP contribution in [0.3, 0.4) is 0 Å². The molecule has 0 fully saturated rings. The van der Waals surface area contributed by atoms with Crippen LogP contribution in [0.4, 0.5) is 11.4 Å². The fraction of sp³-hybridized carbons (Fsp3) is 0.182. The summed E-state index contributed by atoms with van der Waals surface area (Å²) in [6.07, 6.45) is 3.14. The average Bonchev–Trinajstić information content (AvgIpc) is 3.15. The molecule has 0 N–H and O–H groups in total. The van der Waals surface area contributed by atoms with Gasteiger partial charge in [-0.15, -0.1) is 0 Å². The number of nitro benzene ring substituents is 1. The summed E-state index contributed by atoms with van der Waals surface area (Å²) in [5.74, 6) is 0.378. The molecule has 1 aliphatic rings. The number of hydrogen-bond acceptors (Lipinski definition) is 7. The summed E-state index contributed by atoms with van der Waals surface area (Å²) in [4.78, 5) is 26.6. The number of rotatable bonds is 4. The van der Waals surface area contributed by atoms with E-state index in [4.69, 9.17) is 17.0 Å². The van der Waals surface area contributed by atoms with E-state index >= 15 is 0 Å². The van der Waals surface area contributed by atoms with E-state index < -0.39 is 10.5 Å². The molecule has 0 aliphatic carbocycles. The maximum atomic E-state index is 13.5. The second-order valence-corrected chi connectivity index (χ2v) is 10.2. The Labute approximate surface area is 191 Å². The van der Waals surface area contributed by atoms with E-state index in [9.17, 15) is 14.9 Å². The fourth-order valence-corrected chi connectivity index (χ4v) is 7.01. The second kappa shape index (κ2) is 7.99. The van der Waals surface area contributed by atoms with E-state index in [-0.39, 0.29) is 11.6 Å². The van der Waals surface area contributed by atoms with E-state index in [0.717, 1.165) is 19.8 Å². The van der Waals surface area contributed by atoms with Crippen LogP contribution in [0, 0.1) is 13.9 Å². The Balaban J connectivity index is 1.80. The molecule has 0 unspecified atom stereocenters. The average molecular weight is 471 g/mol. The summed E-state index contributed by atoms with van der Waals surface area (Å²) in [5, 5.41) is 10.8. The first-order chi connectivity index (χ1) is 14.8. The normalized spacial score (nSPS) is 14.2. The van der Waals surface area contributed by atoms with Crippen molar-refractivity contribution in [3.63, 3.8) is 0 Å². The van der Waals surface area contributed by atoms with Gasteiger partial charge in [0.25, 0.3) is 11.6 Å². The Morgan fingerprint density at radius 3 is 2.55 bits per heavy atom. The first kappa shape index (κ1) is 21.4. The Hall–Kier alpha value is -2.88. The maximum Gasteiger partial charge on any atom is 0.269 e. The van der Waals surface area contributed by atoms with Crippen LogP contribution < -0.4 is 9.64 Å². The minimum absolute atomic E-state index is 0.00509. The number of nitro groups is 1. The number of hydrogen-bond donors (Lipinski definition) is 0. The minimum atomic E-state index is -0.633. The van der Waals surface area contributed by atoms with Crippen molar-refractivity contribution in [2.45, 2.75) is 19.4 Å². The molecule has 0 spiro atoms. The van der Waals surface area contributed by atoms with Gasteiger partial charge in [-0.25, -0.2) is 0 Å². The molecule has 4 rings (SSSR count). The summed E-state index contributed by atoms with van der Waals surface area (Å²) in [7, 11) is 4.70. The number of nitrogens with zero attached hydrogens (tertiary/aromatic N) is 2. The first-order valence-corrected chi connectivity index (χ1v) is 11.9. The van der Waals surface area contributed by atoms with E-state index in [0.29, 0.717) is 17.0 Å². The molecule has 3 aromatic rings. The predicted molar refractivity (Wildman–Crippen MR) is 128 cm³/mol. The lowest BCUT2D eigenvalue weighted by atomic mass is 9.87. The third-order valence-electron chi connectivity index (χ3n) is 5.20. The third kappa shape index (κ3) is 3.58. The van der Waals surface area contributed by atoms with Crippen LogP contribution in [0.25, 0.3) is 17.2 Å². The number of benzene rings is 2. The molecule has 0 saturated carbocycles. The highest BCUT2D eigenvalue weighted by molar-refractivity contribution is 7.80. The molecule has 6 nitrogen and oxygen atoms in total. The molecule has 31 heavy (non-hydrogen) atoms. The smallest absolute Gasteiger partial charge is 0.269 e. The molecular weight excluding hydrogens is 452 g/mol. The van der Waals surface area contributed by atoms with Crippen LogP contribution in [0.2, 0.25) is 0 Å². The summed E-state index contributed by atoms with van der Waals surface area (Å²) < 4.78 is 6.41. The minimum Gasteiger partial charge on any atom is -0.495 e. The van der Waals surface area contributed by atoms with Crippen molar-refractivity contribution in [3.8, 4) is 16.9 Å². The Morgan fingerprint density at radius 1 is 1.19 bits per heavy atom. The van der Waals surface area contributed by atoms with Crippen molar-refractivity contribution in [3.05, 3.63) is 72.9 Å². The van der Waals surface area contributed by atoms with Gasteiger partial charge in [0.05, 0.1) is 28.1 Å². The van der Waals surface area contributed by atoms with Crippen LogP contribution in [0.15, 0.2) is 48.5 Å². The molecule has 158 valence electrons. The molecule has 9 heteroatoms. The van der Waals surface area contributed by atoms with Gasteiger partial charge in [-0.3, -0.25) is 19.8 Å². The molecule has 0 saturated heterocycles. The predicted octanol–water partition coefficient (Wildman–Crippen LogP) is 6.42. The highest BCUT2D eigenvalue weighted by atomic mass is 32.9. The van der Waals surface area contributed by atoms with Gasteiger partial charge < -0.3 is 4.74 Å². The van der Waals surface area contributed by atoms with E-state index in [2.05, 4.69) is 0 Å². The first-order valence-electron chi connectivity index (χ1n) is 9.33. The number of amides is 1. The van der Waals surface area contributed by atoms with Crippen LogP contribution in [-0.2, 0) is 10.3 Å². The summed E-state index contributed by atoms with van der Waals surface area (Å²) in [6, 6.07) is 11.7. The van der Waals surface area contributed by atoms with Gasteiger partial charge in [0.1, 0.15) is 9.57 Å². The van der Waals surface area contributed by atoms with Crippen molar-refractivity contribution in [1.29, 1.82) is 0 Å². The molecule has 0 bridgehead atoms. The SMILES string of the molecule is COc1cccc2c1N(C(=O)C=Cc1ccc([N+](=O)[O-])cc1)C(C)(C)c1ssc(=S)c1-2. The van der Waals surface area contributed by atoms with Crippen molar-refractivity contribution < 1.29 is 14.5 Å². The number of carbonyl (C=O) groups excluding carboxylic acids is 1. The lowest BCUT2D eigenvalue weighted by molar-refractivity contribution is -0.384. The summed E-state index contributed by atoms with van der Waals surface area (Å²) >= 11 is 5.60. The zero-order valence-corrected chi connectivity index (χ0v) is 19.4. The van der Waals surface area contributed by atoms with Gasteiger partial charge in [0.15, 0.2) is 0 Å². The topological polar surface area (TPSA) is 72.7 Å². The number of anilines is 1. The highest BCUT2D eigenvalue weighted by Gasteiger charge is 2.43. The number of non-ortho nitro benzene ring substituents is 1.